The molecule has 1 fully saturated rings. The number of carbonyl (C=O) groups excluding carboxylic acids is 1. The molecule has 1 aliphatic carbocycles. The second-order valence-corrected chi connectivity index (χ2v) is 4.66. The van der Waals surface area contributed by atoms with Crippen molar-refractivity contribution in [3.63, 3.8) is 0 Å². The van der Waals surface area contributed by atoms with Crippen molar-refractivity contribution in [2.24, 2.45) is 11.8 Å². The molecule has 1 aliphatic rings. The Hall–Kier alpha value is -2.35. The number of hydrogen-bond acceptors (Lipinski definition) is 3. The quantitative estimate of drug-likeness (QED) is 0.867. The number of carboxylic acid groups (broad SMARTS) is 1. The topological polar surface area (TPSA) is 90.2 Å². The van der Waals surface area contributed by atoms with Gasteiger partial charge < -0.3 is 10.4 Å². The van der Waals surface area contributed by atoms with E-state index in [0.717, 1.165) is 6.42 Å². The van der Waals surface area contributed by atoms with Crippen LogP contribution in [0.25, 0.3) is 0 Å². The van der Waals surface area contributed by atoms with Gasteiger partial charge in [0.2, 0.25) is 5.91 Å². The van der Waals surface area contributed by atoms with Gasteiger partial charge in [-0.1, -0.05) is 6.42 Å². The van der Waals surface area contributed by atoms with Crippen molar-refractivity contribution in [1.82, 2.24) is 0 Å². The van der Waals surface area contributed by atoms with E-state index >= 15 is 0 Å². The Kier molecular flexibility index (Phi) is 3.81. The van der Waals surface area contributed by atoms with Crippen molar-refractivity contribution in [3.8, 4) is 6.07 Å². The van der Waals surface area contributed by atoms with E-state index in [4.69, 9.17) is 10.4 Å². The van der Waals surface area contributed by atoms with Crippen molar-refractivity contribution in [2.75, 3.05) is 5.32 Å². The Morgan fingerprint density at radius 2 is 1.84 bits per heavy atom. The maximum atomic E-state index is 12.0. The normalized spacial score (nSPS) is 21.6. The van der Waals surface area contributed by atoms with Crippen LogP contribution in [0.5, 0.6) is 0 Å². The number of rotatable bonds is 3. The van der Waals surface area contributed by atoms with E-state index < -0.39 is 17.8 Å². The number of amides is 1. The third-order valence-corrected chi connectivity index (χ3v) is 3.45. The zero-order valence-corrected chi connectivity index (χ0v) is 10.3. The number of aliphatic carboxylic acids is 1. The molecule has 98 valence electrons. The number of hydrogen-bond donors (Lipinski definition) is 2. The molecule has 5 heteroatoms. The van der Waals surface area contributed by atoms with E-state index in [1.807, 2.05) is 6.07 Å². The zero-order chi connectivity index (χ0) is 13.8. The summed E-state index contributed by atoms with van der Waals surface area (Å²) in [5, 5.41) is 20.4. The van der Waals surface area contributed by atoms with Gasteiger partial charge in [0.25, 0.3) is 0 Å². The van der Waals surface area contributed by atoms with E-state index in [9.17, 15) is 9.59 Å². The van der Waals surface area contributed by atoms with Crippen molar-refractivity contribution in [1.29, 1.82) is 5.26 Å². The molecular formula is C14H14N2O3. The fourth-order valence-electron chi connectivity index (χ4n) is 2.43. The summed E-state index contributed by atoms with van der Waals surface area (Å²) >= 11 is 0. The highest BCUT2D eigenvalue weighted by Crippen LogP contribution is 2.32. The molecule has 0 aromatic heterocycles. The lowest BCUT2D eigenvalue weighted by molar-refractivity contribution is -0.145. The highest BCUT2D eigenvalue weighted by Gasteiger charge is 2.37. The summed E-state index contributed by atoms with van der Waals surface area (Å²) in [6.07, 6.45) is 1.93. The van der Waals surface area contributed by atoms with E-state index in [1.54, 1.807) is 24.3 Å². The van der Waals surface area contributed by atoms with Gasteiger partial charge in [0.1, 0.15) is 0 Å². The molecule has 1 amide bonds. The summed E-state index contributed by atoms with van der Waals surface area (Å²) in [6, 6.07) is 8.49. The molecule has 0 bridgehead atoms. The molecule has 1 aromatic rings. The van der Waals surface area contributed by atoms with E-state index in [-0.39, 0.29) is 5.91 Å². The van der Waals surface area contributed by atoms with Crippen LogP contribution in [0.3, 0.4) is 0 Å². The van der Waals surface area contributed by atoms with Crippen LogP contribution in [0.4, 0.5) is 5.69 Å². The minimum absolute atomic E-state index is 0.255. The zero-order valence-electron chi connectivity index (χ0n) is 10.3. The van der Waals surface area contributed by atoms with Crippen molar-refractivity contribution >= 4 is 17.6 Å². The number of anilines is 1. The summed E-state index contributed by atoms with van der Waals surface area (Å²) in [4.78, 5) is 23.1. The van der Waals surface area contributed by atoms with Gasteiger partial charge in [-0.3, -0.25) is 9.59 Å². The van der Waals surface area contributed by atoms with Gasteiger partial charge in [0.15, 0.2) is 0 Å². The van der Waals surface area contributed by atoms with E-state index in [2.05, 4.69) is 5.32 Å². The molecule has 2 N–H and O–H groups in total. The molecule has 0 spiro atoms. The highest BCUT2D eigenvalue weighted by atomic mass is 16.4. The summed E-state index contributed by atoms with van der Waals surface area (Å²) in [5.74, 6) is -2.21. The Bertz CT molecular complexity index is 531. The molecule has 1 saturated carbocycles. The molecular weight excluding hydrogens is 244 g/mol. The molecule has 19 heavy (non-hydrogen) atoms. The van der Waals surface area contributed by atoms with Gasteiger partial charge in [-0.05, 0) is 37.1 Å². The van der Waals surface area contributed by atoms with Crippen LogP contribution in [-0.2, 0) is 9.59 Å². The predicted molar refractivity (Wildman–Crippen MR) is 68.3 cm³/mol. The van der Waals surface area contributed by atoms with Crippen LogP contribution in [0.2, 0.25) is 0 Å². The fraction of sp³-hybridized carbons (Fsp3) is 0.357. The lowest BCUT2D eigenvalue weighted by Crippen LogP contribution is -2.29. The minimum atomic E-state index is -0.905. The van der Waals surface area contributed by atoms with E-state index in [0.29, 0.717) is 24.1 Å². The first kappa shape index (κ1) is 13.1. The Balaban J connectivity index is 2.04. The highest BCUT2D eigenvalue weighted by molar-refractivity contribution is 5.95. The number of benzene rings is 1. The maximum Gasteiger partial charge on any atom is 0.307 e. The average Bonchev–Trinajstić information content (AvgIpc) is 2.89. The minimum Gasteiger partial charge on any atom is -0.481 e. The maximum absolute atomic E-state index is 12.0. The molecule has 0 saturated heterocycles. The van der Waals surface area contributed by atoms with Crippen LogP contribution in [0.15, 0.2) is 24.3 Å². The van der Waals surface area contributed by atoms with Crippen molar-refractivity contribution in [3.05, 3.63) is 29.8 Å². The summed E-state index contributed by atoms with van der Waals surface area (Å²) < 4.78 is 0. The second kappa shape index (κ2) is 5.53. The van der Waals surface area contributed by atoms with Crippen LogP contribution in [0, 0.1) is 23.2 Å². The Labute approximate surface area is 110 Å². The third kappa shape index (κ3) is 2.91. The Morgan fingerprint density at radius 3 is 2.42 bits per heavy atom. The largest absolute Gasteiger partial charge is 0.481 e. The van der Waals surface area contributed by atoms with Gasteiger partial charge in [-0.2, -0.15) is 5.26 Å². The average molecular weight is 258 g/mol. The first-order valence-corrected chi connectivity index (χ1v) is 6.15. The first-order chi connectivity index (χ1) is 9.11. The molecule has 0 radical (unpaired) electrons. The number of carbonyl (C=O) groups is 2. The van der Waals surface area contributed by atoms with Crippen LogP contribution < -0.4 is 5.32 Å². The van der Waals surface area contributed by atoms with Gasteiger partial charge in [0.05, 0.1) is 23.5 Å². The van der Waals surface area contributed by atoms with Crippen molar-refractivity contribution < 1.29 is 14.7 Å². The fourth-order valence-corrected chi connectivity index (χ4v) is 2.43. The predicted octanol–water partition coefficient (Wildman–Crippen LogP) is 2.00. The summed E-state index contributed by atoms with van der Waals surface area (Å²) in [7, 11) is 0. The number of nitrogens with one attached hydrogen (secondary N) is 1. The lowest BCUT2D eigenvalue weighted by atomic mass is 9.95. The molecule has 0 aliphatic heterocycles. The lowest BCUT2D eigenvalue weighted by Gasteiger charge is -2.15. The van der Waals surface area contributed by atoms with Crippen LogP contribution in [-0.4, -0.2) is 17.0 Å². The Morgan fingerprint density at radius 1 is 1.21 bits per heavy atom. The van der Waals surface area contributed by atoms with Crippen LogP contribution >= 0.6 is 0 Å². The monoisotopic (exact) mass is 258 g/mol. The van der Waals surface area contributed by atoms with Gasteiger partial charge >= 0.3 is 5.97 Å². The van der Waals surface area contributed by atoms with Gasteiger partial charge in [-0.25, -0.2) is 0 Å². The number of nitrogens with zero attached hydrogens (tertiary/aromatic N) is 1. The van der Waals surface area contributed by atoms with Gasteiger partial charge in [0, 0.05) is 5.69 Å². The third-order valence-electron chi connectivity index (χ3n) is 3.45. The van der Waals surface area contributed by atoms with Gasteiger partial charge in [-0.15, -0.1) is 0 Å². The molecule has 1 aromatic carbocycles. The van der Waals surface area contributed by atoms with Crippen LogP contribution in [0.1, 0.15) is 24.8 Å². The second-order valence-electron chi connectivity index (χ2n) is 4.66. The first-order valence-electron chi connectivity index (χ1n) is 6.15. The SMILES string of the molecule is N#Cc1ccc(NC(=O)[C@@H]2CCC[C@@H]2C(=O)O)cc1. The number of nitriles is 1. The molecule has 0 heterocycles. The molecule has 2 atom stereocenters. The summed E-state index contributed by atoms with van der Waals surface area (Å²) in [5.41, 5.74) is 1.10. The molecule has 5 nitrogen and oxygen atoms in total. The smallest absolute Gasteiger partial charge is 0.307 e. The molecule has 0 unspecified atom stereocenters. The molecule has 2 rings (SSSR count). The van der Waals surface area contributed by atoms with E-state index in [1.165, 1.54) is 0 Å². The standard InChI is InChI=1S/C14H14N2O3/c15-8-9-4-6-10(7-5-9)16-13(17)11-2-1-3-12(11)14(18)19/h4-7,11-12H,1-3H2,(H,16,17)(H,18,19)/t11-,12+/m1/s1. The van der Waals surface area contributed by atoms with Crippen molar-refractivity contribution in [2.45, 2.75) is 19.3 Å². The summed E-state index contributed by atoms with van der Waals surface area (Å²) in [6.45, 7) is 0. The number of carboxylic acids is 1.